The maximum absolute atomic E-state index is 11.9. The fraction of sp³-hybridized carbons (Fsp3) is 0.750. The van der Waals surface area contributed by atoms with Gasteiger partial charge in [-0.2, -0.15) is 0 Å². The zero-order valence-electron chi connectivity index (χ0n) is 10.0. The summed E-state index contributed by atoms with van der Waals surface area (Å²) in [4.78, 5) is 11.9. The molecule has 0 aliphatic carbocycles. The Kier molecular flexibility index (Phi) is 3.81. The number of rotatable bonds is 5. The zero-order valence-corrected chi connectivity index (χ0v) is 10.0. The average molecular weight is 242 g/mol. The lowest BCUT2D eigenvalue weighted by atomic mass is 9.80. The van der Waals surface area contributed by atoms with Crippen LogP contribution in [0.25, 0.3) is 0 Å². The van der Waals surface area contributed by atoms with Crippen molar-refractivity contribution in [2.24, 2.45) is 11.8 Å². The van der Waals surface area contributed by atoms with Crippen LogP contribution < -0.4 is 0 Å². The summed E-state index contributed by atoms with van der Waals surface area (Å²) < 4.78 is 15.2. The Hall–Kier alpha value is -0.910. The highest BCUT2D eigenvalue weighted by Crippen LogP contribution is 2.39. The number of fused-ring (bicyclic) bond motifs is 2. The van der Waals surface area contributed by atoms with Gasteiger partial charge < -0.3 is 19.3 Å². The number of esters is 1. The minimum absolute atomic E-state index is 0.00523. The Morgan fingerprint density at radius 3 is 2.82 bits per heavy atom. The van der Waals surface area contributed by atoms with Crippen molar-refractivity contribution in [2.75, 3.05) is 13.9 Å². The second-order valence-corrected chi connectivity index (χ2v) is 4.56. The average Bonchev–Trinajstić information content (AvgIpc) is 2.88. The molecule has 5 unspecified atom stereocenters. The van der Waals surface area contributed by atoms with E-state index >= 15 is 0 Å². The third-order valence-electron chi connectivity index (χ3n) is 3.35. The van der Waals surface area contributed by atoms with Gasteiger partial charge in [-0.25, -0.2) is 0 Å². The lowest BCUT2D eigenvalue weighted by Crippen LogP contribution is -2.38. The third-order valence-corrected chi connectivity index (χ3v) is 3.35. The Morgan fingerprint density at radius 2 is 2.35 bits per heavy atom. The van der Waals surface area contributed by atoms with E-state index in [1.165, 1.54) is 7.11 Å². The molecule has 1 fully saturated rings. The minimum Gasteiger partial charge on any atom is -0.438 e. The second-order valence-electron chi connectivity index (χ2n) is 4.56. The van der Waals surface area contributed by atoms with Crippen LogP contribution in [0.15, 0.2) is 12.2 Å². The van der Waals surface area contributed by atoms with Crippen LogP contribution in [0, 0.1) is 11.8 Å². The van der Waals surface area contributed by atoms with Crippen LogP contribution >= 0.6 is 0 Å². The number of carbonyl (C=O) groups excluding carboxylic acids is 1. The molecule has 5 heteroatoms. The molecule has 0 radical (unpaired) electrons. The summed E-state index contributed by atoms with van der Waals surface area (Å²) in [6.07, 6.45) is 3.98. The molecule has 5 atom stereocenters. The van der Waals surface area contributed by atoms with Gasteiger partial charge in [-0.05, 0) is 13.3 Å². The molecule has 0 saturated carbocycles. The highest BCUT2D eigenvalue weighted by Gasteiger charge is 2.46. The van der Waals surface area contributed by atoms with E-state index < -0.39 is 18.0 Å². The molecular weight excluding hydrogens is 224 g/mol. The molecule has 1 N–H and O–H groups in total. The van der Waals surface area contributed by atoms with Crippen LogP contribution in [-0.2, 0) is 19.0 Å². The van der Waals surface area contributed by atoms with Crippen molar-refractivity contribution in [2.45, 2.75) is 31.7 Å². The van der Waals surface area contributed by atoms with Crippen LogP contribution in [-0.4, -0.2) is 43.3 Å². The van der Waals surface area contributed by atoms with Crippen LogP contribution in [0.5, 0.6) is 0 Å². The van der Waals surface area contributed by atoms with Crippen molar-refractivity contribution in [3.8, 4) is 0 Å². The first-order valence-electron chi connectivity index (χ1n) is 5.81. The highest BCUT2D eigenvalue weighted by atomic mass is 16.7. The van der Waals surface area contributed by atoms with Crippen molar-refractivity contribution >= 4 is 5.97 Å². The van der Waals surface area contributed by atoms with Crippen molar-refractivity contribution in [1.29, 1.82) is 0 Å². The number of ether oxygens (including phenoxy) is 3. The van der Waals surface area contributed by atoms with E-state index in [1.54, 1.807) is 6.92 Å². The molecule has 1 saturated heterocycles. The predicted octanol–water partition coefficient (Wildman–Crippen LogP) is 0.474. The van der Waals surface area contributed by atoms with E-state index in [9.17, 15) is 9.90 Å². The van der Waals surface area contributed by atoms with E-state index in [4.69, 9.17) is 14.2 Å². The first-order chi connectivity index (χ1) is 8.13. The van der Waals surface area contributed by atoms with Gasteiger partial charge >= 0.3 is 5.97 Å². The van der Waals surface area contributed by atoms with Crippen molar-refractivity contribution in [3.05, 3.63) is 12.2 Å². The Bertz CT molecular complexity index is 312. The van der Waals surface area contributed by atoms with Gasteiger partial charge in [-0.15, -0.1) is 0 Å². The molecule has 5 nitrogen and oxygen atoms in total. The Morgan fingerprint density at radius 1 is 1.59 bits per heavy atom. The number of aliphatic hydroxyl groups is 1. The quantitative estimate of drug-likeness (QED) is 0.431. The standard InChI is InChI=1S/C12H18O5/c1-7(13)11(12(14)16-6-15-2)9-5-8-3-4-10(9)17-8/h3-4,7-11,13H,5-6H2,1-2H3. The summed E-state index contributed by atoms with van der Waals surface area (Å²) in [6, 6.07) is 0. The van der Waals surface area contributed by atoms with Gasteiger partial charge in [0.1, 0.15) is 0 Å². The molecule has 2 rings (SSSR count). The number of methoxy groups -OCH3 is 1. The molecule has 0 aromatic carbocycles. The van der Waals surface area contributed by atoms with Gasteiger partial charge in [0.2, 0.25) is 0 Å². The predicted molar refractivity (Wildman–Crippen MR) is 59.0 cm³/mol. The highest BCUT2D eigenvalue weighted by molar-refractivity contribution is 5.73. The molecular formula is C12H18O5. The van der Waals surface area contributed by atoms with Gasteiger partial charge in [0, 0.05) is 13.0 Å². The fourth-order valence-corrected chi connectivity index (χ4v) is 2.60. The summed E-state index contributed by atoms with van der Waals surface area (Å²) in [6.45, 7) is 1.52. The maximum Gasteiger partial charge on any atom is 0.314 e. The van der Waals surface area contributed by atoms with E-state index in [0.717, 1.165) is 6.42 Å². The molecule has 0 amide bonds. The Labute approximate surface area is 100 Å². The van der Waals surface area contributed by atoms with Crippen molar-refractivity contribution in [1.82, 2.24) is 0 Å². The number of aliphatic hydroxyl groups excluding tert-OH is 1. The molecule has 0 aromatic rings. The van der Waals surface area contributed by atoms with Crippen molar-refractivity contribution < 1.29 is 24.1 Å². The number of hydrogen-bond acceptors (Lipinski definition) is 5. The van der Waals surface area contributed by atoms with Gasteiger partial charge in [0.15, 0.2) is 6.79 Å². The summed E-state index contributed by atoms with van der Waals surface area (Å²) in [5.41, 5.74) is 0. The molecule has 2 heterocycles. The third kappa shape index (κ3) is 2.51. The monoisotopic (exact) mass is 242 g/mol. The topological polar surface area (TPSA) is 65.0 Å². The van der Waals surface area contributed by atoms with Gasteiger partial charge in [0.25, 0.3) is 0 Å². The van der Waals surface area contributed by atoms with Crippen molar-refractivity contribution in [3.63, 3.8) is 0 Å². The second kappa shape index (κ2) is 5.16. The SMILES string of the molecule is COCOC(=O)C(C(C)O)C1CC2C=CC1O2. The lowest BCUT2D eigenvalue weighted by molar-refractivity contribution is -0.166. The molecule has 2 aliphatic rings. The van der Waals surface area contributed by atoms with Crippen LogP contribution in [0.4, 0.5) is 0 Å². The molecule has 96 valence electrons. The first-order valence-corrected chi connectivity index (χ1v) is 5.81. The summed E-state index contributed by atoms with van der Waals surface area (Å²) >= 11 is 0. The van der Waals surface area contributed by atoms with E-state index in [2.05, 4.69) is 0 Å². The lowest BCUT2D eigenvalue weighted by Gasteiger charge is -2.27. The van der Waals surface area contributed by atoms with Gasteiger partial charge in [-0.3, -0.25) is 4.79 Å². The molecule has 2 aliphatic heterocycles. The molecule has 0 aromatic heterocycles. The summed E-state index contributed by atoms with van der Waals surface area (Å²) in [7, 11) is 1.45. The molecule has 0 spiro atoms. The maximum atomic E-state index is 11.9. The van der Waals surface area contributed by atoms with E-state index in [1.807, 2.05) is 12.2 Å². The summed E-state index contributed by atoms with van der Waals surface area (Å²) in [5, 5.41) is 9.75. The normalized spacial score (nSPS) is 33.7. The summed E-state index contributed by atoms with van der Waals surface area (Å²) in [5.74, 6) is -0.976. The van der Waals surface area contributed by atoms with E-state index in [0.29, 0.717) is 0 Å². The van der Waals surface area contributed by atoms with Gasteiger partial charge in [-0.1, -0.05) is 12.2 Å². The first kappa shape index (κ1) is 12.5. The zero-order chi connectivity index (χ0) is 12.4. The van der Waals surface area contributed by atoms with E-state index in [-0.39, 0.29) is 24.9 Å². The molecule has 17 heavy (non-hydrogen) atoms. The minimum atomic E-state index is -0.749. The largest absolute Gasteiger partial charge is 0.438 e. The molecule has 2 bridgehead atoms. The fourth-order valence-electron chi connectivity index (χ4n) is 2.60. The van der Waals surface area contributed by atoms with Crippen LogP contribution in [0.1, 0.15) is 13.3 Å². The smallest absolute Gasteiger partial charge is 0.314 e. The van der Waals surface area contributed by atoms with Crippen LogP contribution in [0.3, 0.4) is 0 Å². The number of hydrogen-bond donors (Lipinski definition) is 1. The number of carbonyl (C=O) groups is 1. The van der Waals surface area contributed by atoms with Gasteiger partial charge in [0.05, 0.1) is 24.2 Å². The van der Waals surface area contributed by atoms with Crippen LogP contribution in [0.2, 0.25) is 0 Å². The Balaban J connectivity index is 2.02.